The van der Waals surface area contributed by atoms with E-state index in [-0.39, 0.29) is 11.9 Å². The van der Waals surface area contributed by atoms with Gasteiger partial charge >= 0.3 is 0 Å². The lowest BCUT2D eigenvalue weighted by Crippen LogP contribution is -2.52. The van der Waals surface area contributed by atoms with Gasteiger partial charge < -0.3 is 15.4 Å². The molecule has 0 saturated heterocycles. The fourth-order valence-corrected chi connectivity index (χ4v) is 3.10. The molecule has 0 aliphatic heterocycles. The number of thiocarbonyl (C=S) groups is 1. The maximum absolute atomic E-state index is 12.8. The van der Waals surface area contributed by atoms with Crippen molar-refractivity contribution >= 4 is 23.1 Å². The van der Waals surface area contributed by atoms with Crippen LogP contribution in [0.25, 0.3) is 0 Å². The molecule has 0 radical (unpaired) electrons. The van der Waals surface area contributed by atoms with E-state index in [9.17, 15) is 4.79 Å². The van der Waals surface area contributed by atoms with Crippen molar-refractivity contribution in [2.75, 3.05) is 20.3 Å². The van der Waals surface area contributed by atoms with Gasteiger partial charge in [-0.15, -0.1) is 0 Å². The molecular weight excluding hydrogens is 248 g/mol. The first-order chi connectivity index (χ1) is 8.49. The van der Waals surface area contributed by atoms with Crippen LogP contribution in [-0.2, 0) is 9.53 Å². The van der Waals surface area contributed by atoms with Crippen LogP contribution in [0.5, 0.6) is 0 Å². The quantitative estimate of drug-likeness (QED) is 0.748. The van der Waals surface area contributed by atoms with Gasteiger partial charge in [-0.1, -0.05) is 25.1 Å². The van der Waals surface area contributed by atoms with Crippen molar-refractivity contribution < 1.29 is 9.53 Å². The number of nitrogens with zero attached hydrogens (tertiary/aromatic N) is 1. The third-order valence-corrected chi connectivity index (χ3v) is 4.27. The maximum atomic E-state index is 12.8. The Morgan fingerprint density at radius 1 is 1.50 bits per heavy atom. The fourth-order valence-electron chi connectivity index (χ4n) is 2.81. The Kier molecular flexibility index (Phi) is 5.53. The molecule has 5 heteroatoms. The first-order valence-electron chi connectivity index (χ1n) is 6.59. The summed E-state index contributed by atoms with van der Waals surface area (Å²) < 4.78 is 5.13. The number of hydrogen-bond donors (Lipinski definition) is 1. The average molecular weight is 272 g/mol. The maximum Gasteiger partial charge on any atom is 0.235 e. The van der Waals surface area contributed by atoms with E-state index in [4.69, 9.17) is 22.7 Å². The smallest absolute Gasteiger partial charge is 0.235 e. The van der Waals surface area contributed by atoms with Crippen LogP contribution in [0.4, 0.5) is 0 Å². The predicted octanol–water partition coefficient (Wildman–Crippen LogP) is 1.72. The lowest BCUT2D eigenvalue weighted by molar-refractivity contribution is -0.141. The molecule has 0 spiro atoms. The van der Waals surface area contributed by atoms with Crippen molar-refractivity contribution in [1.29, 1.82) is 0 Å². The molecular formula is C13H24N2O2S. The molecule has 0 heterocycles. The van der Waals surface area contributed by atoms with E-state index < -0.39 is 5.41 Å². The van der Waals surface area contributed by atoms with E-state index in [1.807, 2.05) is 18.7 Å². The van der Waals surface area contributed by atoms with Crippen LogP contribution in [0.15, 0.2) is 0 Å². The third-order valence-electron chi connectivity index (χ3n) is 3.88. The second kappa shape index (κ2) is 6.48. The Balaban J connectivity index is 2.90. The highest BCUT2D eigenvalue weighted by molar-refractivity contribution is 7.80. The molecule has 1 rings (SSSR count). The van der Waals surface area contributed by atoms with Crippen molar-refractivity contribution in [2.45, 2.75) is 45.6 Å². The molecule has 1 atom stereocenters. The summed E-state index contributed by atoms with van der Waals surface area (Å²) in [5, 5.41) is 0. The van der Waals surface area contributed by atoms with E-state index in [1.54, 1.807) is 7.11 Å². The highest BCUT2D eigenvalue weighted by Gasteiger charge is 2.46. The molecule has 1 unspecified atom stereocenters. The molecule has 0 bridgehead atoms. The number of rotatable bonds is 6. The Hall–Kier alpha value is -0.680. The van der Waals surface area contributed by atoms with Gasteiger partial charge in [0.2, 0.25) is 5.91 Å². The van der Waals surface area contributed by atoms with E-state index in [0.717, 1.165) is 25.7 Å². The number of likely N-dealkylation sites (N-methyl/N-ethyl adjacent to an activating group) is 1. The van der Waals surface area contributed by atoms with Gasteiger partial charge in [0.25, 0.3) is 0 Å². The van der Waals surface area contributed by atoms with Crippen molar-refractivity contribution in [3.8, 4) is 0 Å². The first-order valence-corrected chi connectivity index (χ1v) is 7.00. The molecule has 1 saturated carbocycles. The Morgan fingerprint density at radius 3 is 2.44 bits per heavy atom. The lowest BCUT2D eigenvalue weighted by atomic mass is 9.84. The Bertz CT molecular complexity index is 314. The second-order valence-corrected chi connectivity index (χ2v) is 5.49. The Labute approximate surface area is 115 Å². The summed E-state index contributed by atoms with van der Waals surface area (Å²) in [4.78, 5) is 15.0. The molecule has 104 valence electrons. The molecule has 0 aromatic heterocycles. The number of carbonyl (C=O) groups is 1. The van der Waals surface area contributed by atoms with E-state index in [1.165, 1.54) is 0 Å². The van der Waals surface area contributed by atoms with E-state index in [2.05, 4.69) is 0 Å². The van der Waals surface area contributed by atoms with Crippen LogP contribution >= 0.6 is 12.2 Å². The fraction of sp³-hybridized carbons (Fsp3) is 0.846. The number of hydrogen-bond acceptors (Lipinski definition) is 3. The third kappa shape index (κ3) is 2.83. The van der Waals surface area contributed by atoms with Crippen molar-refractivity contribution in [3.63, 3.8) is 0 Å². The van der Waals surface area contributed by atoms with Crippen LogP contribution in [0, 0.1) is 5.41 Å². The summed E-state index contributed by atoms with van der Waals surface area (Å²) in [6, 6.07) is 0.0549. The minimum atomic E-state index is -0.604. The second-order valence-electron chi connectivity index (χ2n) is 5.05. The van der Waals surface area contributed by atoms with Gasteiger partial charge in [0.05, 0.1) is 23.1 Å². The van der Waals surface area contributed by atoms with Gasteiger partial charge in [-0.2, -0.15) is 0 Å². The topological polar surface area (TPSA) is 55.6 Å². The monoisotopic (exact) mass is 272 g/mol. The first kappa shape index (κ1) is 15.4. The number of ether oxygens (including phenoxy) is 1. The minimum Gasteiger partial charge on any atom is -0.392 e. The van der Waals surface area contributed by atoms with Gasteiger partial charge in [-0.25, -0.2) is 0 Å². The molecule has 1 aliphatic rings. The van der Waals surface area contributed by atoms with Crippen molar-refractivity contribution in [3.05, 3.63) is 0 Å². The van der Waals surface area contributed by atoms with E-state index >= 15 is 0 Å². The average Bonchev–Trinajstić information content (AvgIpc) is 2.80. The normalized spacial score (nSPS) is 19.5. The van der Waals surface area contributed by atoms with Crippen LogP contribution in [0.2, 0.25) is 0 Å². The van der Waals surface area contributed by atoms with Crippen LogP contribution in [0.3, 0.4) is 0 Å². The van der Waals surface area contributed by atoms with Gasteiger partial charge in [-0.05, 0) is 26.7 Å². The number of amides is 1. The number of nitrogens with two attached hydrogens (primary N) is 1. The zero-order valence-corrected chi connectivity index (χ0v) is 12.4. The summed E-state index contributed by atoms with van der Waals surface area (Å²) in [5.74, 6) is 0.0829. The largest absolute Gasteiger partial charge is 0.392 e. The molecule has 1 aliphatic carbocycles. The van der Waals surface area contributed by atoms with Crippen LogP contribution < -0.4 is 5.73 Å². The molecule has 1 amide bonds. The summed E-state index contributed by atoms with van der Waals surface area (Å²) in [6.45, 7) is 5.17. The van der Waals surface area contributed by atoms with Crippen molar-refractivity contribution in [1.82, 2.24) is 4.90 Å². The molecule has 0 aromatic carbocycles. The lowest BCUT2D eigenvalue weighted by Gasteiger charge is -2.36. The van der Waals surface area contributed by atoms with Gasteiger partial charge in [0.15, 0.2) is 0 Å². The Morgan fingerprint density at radius 2 is 2.06 bits per heavy atom. The summed E-state index contributed by atoms with van der Waals surface area (Å²) in [5.41, 5.74) is 5.25. The molecule has 18 heavy (non-hydrogen) atoms. The summed E-state index contributed by atoms with van der Waals surface area (Å²) in [7, 11) is 1.65. The molecule has 1 fully saturated rings. The highest BCUT2D eigenvalue weighted by Crippen LogP contribution is 2.40. The van der Waals surface area contributed by atoms with Crippen molar-refractivity contribution in [2.24, 2.45) is 11.1 Å². The summed E-state index contributed by atoms with van der Waals surface area (Å²) >= 11 is 5.16. The predicted molar refractivity (Wildman–Crippen MR) is 76.4 cm³/mol. The van der Waals surface area contributed by atoms with Gasteiger partial charge in [0, 0.05) is 13.7 Å². The van der Waals surface area contributed by atoms with Crippen LogP contribution in [0.1, 0.15) is 39.5 Å². The zero-order valence-electron chi connectivity index (χ0n) is 11.6. The molecule has 0 aromatic rings. The highest BCUT2D eigenvalue weighted by atomic mass is 32.1. The van der Waals surface area contributed by atoms with Gasteiger partial charge in [0.1, 0.15) is 0 Å². The molecule has 2 N–H and O–H groups in total. The summed E-state index contributed by atoms with van der Waals surface area (Å²) in [6.07, 6.45) is 3.63. The molecule has 4 nitrogen and oxygen atoms in total. The minimum absolute atomic E-state index is 0.0549. The number of methoxy groups -OCH3 is 1. The van der Waals surface area contributed by atoms with Crippen LogP contribution in [-0.4, -0.2) is 42.1 Å². The standard InChI is InChI=1S/C13H24N2O2S/c1-4-15(10(2)9-17-3)12(16)13(11(14)18)7-5-6-8-13/h10H,4-9H2,1-3H3,(H2,14,18). The SMILES string of the molecule is CCN(C(=O)C1(C(N)=S)CCCC1)C(C)COC. The van der Waals surface area contributed by atoms with E-state index in [0.29, 0.717) is 18.1 Å². The van der Waals surface area contributed by atoms with Gasteiger partial charge in [-0.3, -0.25) is 4.79 Å². The number of carbonyl (C=O) groups excluding carboxylic acids is 1. The zero-order chi connectivity index (χ0) is 13.8.